The van der Waals surface area contributed by atoms with Gasteiger partial charge in [0, 0.05) is 12.2 Å². The number of fused-ring (bicyclic) bond motifs is 1. The zero-order valence-corrected chi connectivity index (χ0v) is 19.8. The summed E-state index contributed by atoms with van der Waals surface area (Å²) in [5, 5.41) is 2.81. The number of nitrogens with zero attached hydrogens (tertiary/aromatic N) is 1. The minimum atomic E-state index is -0.298. The molecule has 0 aromatic heterocycles. The number of ether oxygens (including phenoxy) is 4. The minimum Gasteiger partial charge on any atom is -0.497 e. The smallest absolute Gasteiger partial charge is 0.265 e. The van der Waals surface area contributed by atoms with E-state index in [4.69, 9.17) is 18.9 Å². The van der Waals surface area contributed by atoms with Crippen LogP contribution < -0.4 is 29.2 Å². The van der Waals surface area contributed by atoms with Crippen LogP contribution >= 0.6 is 0 Å². The van der Waals surface area contributed by atoms with Crippen molar-refractivity contribution in [1.82, 2.24) is 0 Å². The number of methoxy groups -OCH3 is 1. The summed E-state index contributed by atoms with van der Waals surface area (Å²) in [5.74, 6) is 2.27. The number of anilines is 2. The van der Waals surface area contributed by atoms with Gasteiger partial charge in [-0.05, 0) is 67.9 Å². The molecule has 0 radical (unpaired) electrons. The molecule has 182 valence electrons. The second-order valence-corrected chi connectivity index (χ2v) is 8.04. The van der Waals surface area contributed by atoms with Crippen LogP contribution in [0.5, 0.6) is 23.0 Å². The number of amides is 2. The van der Waals surface area contributed by atoms with Crippen LogP contribution in [0.25, 0.3) is 0 Å². The van der Waals surface area contributed by atoms with Gasteiger partial charge in [-0.1, -0.05) is 17.7 Å². The first-order chi connectivity index (χ1) is 17.0. The number of benzene rings is 3. The quantitative estimate of drug-likeness (QED) is 0.441. The number of carbonyl (C=O) groups is 2. The fraction of sp³-hybridized carbons (Fsp3) is 0.259. The summed E-state index contributed by atoms with van der Waals surface area (Å²) in [4.78, 5) is 26.6. The third-order valence-corrected chi connectivity index (χ3v) is 5.43. The maximum Gasteiger partial charge on any atom is 0.265 e. The van der Waals surface area contributed by atoms with Crippen molar-refractivity contribution >= 4 is 23.2 Å². The Morgan fingerprint density at radius 3 is 2.40 bits per heavy atom. The van der Waals surface area contributed by atoms with E-state index in [2.05, 4.69) is 5.32 Å². The molecule has 0 saturated carbocycles. The van der Waals surface area contributed by atoms with Crippen LogP contribution in [0.4, 0.5) is 11.4 Å². The highest BCUT2D eigenvalue weighted by Gasteiger charge is 2.25. The number of aryl methyl sites for hydroxylation is 1. The lowest BCUT2D eigenvalue weighted by Gasteiger charge is -2.30. The highest BCUT2D eigenvalue weighted by atomic mass is 16.5. The second kappa shape index (κ2) is 11.3. The minimum absolute atomic E-state index is 0.0254. The largest absolute Gasteiger partial charge is 0.497 e. The van der Waals surface area contributed by atoms with E-state index in [1.165, 1.54) is 0 Å². The van der Waals surface area contributed by atoms with Crippen molar-refractivity contribution in [2.45, 2.75) is 13.3 Å². The second-order valence-electron chi connectivity index (χ2n) is 8.04. The van der Waals surface area contributed by atoms with E-state index in [9.17, 15) is 9.59 Å². The summed E-state index contributed by atoms with van der Waals surface area (Å²) >= 11 is 0. The zero-order valence-electron chi connectivity index (χ0n) is 19.8. The van der Waals surface area contributed by atoms with E-state index >= 15 is 0 Å². The first kappa shape index (κ1) is 23.9. The van der Waals surface area contributed by atoms with Crippen molar-refractivity contribution in [3.05, 3.63) is 72.3 Å². The molecule has 1 aliphatic rings. The monoisotopic (exact) mass is 476 g/mol. The molecular weight excluding hydrogens is 448 g/mol. The molecular formula is C27H28N2O6. The first-order valence-electron chi connectivity index (χ1n) is 11.4. The van der Waals surface area contributed by atoms with E-state index in [-0.39, 0.29) is 25.0 Å². The molecule has 4 rings (SSSR count). The van der Waals surface area contributed by atoms with Gasteiger partial charge in [-0.3, -0.25) is 9.59 Å². The molecule has 3 aromatic carbocycles. The maximum absolute atomic E-state index is 12.5. The normalized spacial score (nSPS) is 12.4. The SMILES string of the molecule is COc1ccc(OCCCN2C(=O)COc3ccc(NC(=O)COc4ccc(C)cc4)cc32)cc1. The van der Waals surface area contributed by atoms with Gasteiger partial charge < -0.3 is 29.2 Å². The molecule has 8 nitrogen and oxygen atoms in total. The Morgan fingerprint density at radius 1 is 0.971 bits per heavy atom. The molecule has 0 unspecified atom stereocenters. The van der Waals surface area contributed by atoms with Gasteiger partial charge in [0.25, 0.3) is 11.8 Å². The van der Waals surface area contributed by atoms with Gasteiger partial charge in [0.15, 0.2) is 13.2 Å². The predicted octanol–water partition coefficient (Wildman–Crippen LogP) is 4.22. The third-order valence-electron chi connectivity index (χ3n) is 5.43. The van der Waals surface area contributed by atoms with Crippen LogP contribution in [-0.2, 0) is 9.59 Å². The molecule has 2 amide bonds. The molecule has 0 spiro atoms. The van der Waals surface area contributed by atoms with Gasteiger partial charge in [0.1, 0.15) is 23.0 Å². The standard InChI is InChI=1S/C27H28N2O6/c1-19-4-7-23(8-5-19)34-17-26(30)28-20-6-13-25-24(16-20)29(27(31)18-35-25)14-3-15-33-22-11-9-21(32-2)10-12-22/h4-13,16H,3,14-15,17-18H2,1-2H3,(H,28,30). The van der Waals surface area contributed by atoms with Crippen molar-refractivity contribution in [3.63, 3.8) is 0 Å². The maximum atomic E-state index is 12.5. The summed E-state index contributed by atoms with van der Waals surface area (Å²) in [5.41, 5.74) is 2.28. The van der Waals surface area contributed by atoms with Crippen molar-refractivity contribution < 1.29 is 28.5 Å². The summed E-state index contributed by atoms with van der Waals surface area (Å²) in [6.45, 7) is 2.74. The van der Waals surface area contributed by atoms with E-state index in [0.717, 1.165) is 17.1 Å². The van der Waals surface area contributed by atoms with Gasteiger partial charge in [-0.2, -0.15) is 0 Å². The third kappa shape index (κ3) is 6.44. The van der Waals surface area contributed by atoms with Crippen LogP contribution in [0.3, 0.4) is 0 Å². The summed E-state index contributed by atoms with van der Waals surface area (Å²) < 4.78 is 22.0. The Bertz CT molecular complexity index is 1160. The van der Waals surface area contributed by atoms with Crippen LogP contribution in [0, 0.1) is 6.92 Å². The fourth-order valence-electron chi connectivity index (χ4n) is 3.59. The Balaban J connectivity index is 1.32. The zero-order chi connectivity index (χ0) is 24.6. The van der Waals surface area contributed by atoms with Crippen molar-refractivity contribution in [2.75, 3.05) is 43.7 Å². The van der Waals surface area contributed by atoms with Crippen LogP contribution in [-0.4, -0.2) is 45.3 Å². The molecule has 0 saturated heterocycles. The number of hydrogen-bond acceptors (Lipinski definition) is 6. The van der Waals surface area contributed by atoms with Crippen molar-refractivity contribution in [2.24, 2.45) is 0 Å². The molecule has 3 aromatic rings. The Labute approximate surface area is 204 Å². The average molecular weight is 477 g/mol. The molecule has 8 heteroatoms. The first-order valence-corrected chi connectivity index (χ1v) is 11.4. The van der Waals surface area contributed by atoms with Crippen LogP contribution in [0.2, 0.25) is 0 Å². The molecule has 1 aliphatic heterocycles. The van der Waals surface area contributed by atoms with Gasteiger partial charge in [0.05, 0.1) is 19.4 Å². The van der Waals surface area contributed by atoms with Gasteiger partial charge in [0.2, 0.25) is 0 Å². The highest BCUT2D eigenvalue weighted by molar-refractivity contribution is 5.99. The van der Waals surface area contributed by atoms with E-state index in [0.29, 0.717) is 42.4 Å². The van der Waals surface area contributed by atoms with E-state index < -0.39 is 0 Å². The lowest BCUT2D eigenvalue weighted by Crippen LogP contribution is -2.39. The lowest BCUT2D eigenvalue weighted by molar-refractivity contribution is -0.121. The number of hydrogen-bond donors (Lipinski definition) is 1. The fourth-order valence-corrected chi connectivity index (χ4v) is 3.59. The molecule has 0 bridgehead atoms. The topological polar surface area (TPSA) is 86.3 Å². The van der Waals surface area contributed by atoms with Crippen LogP contribution in [0.1, 0.15) is 12.0 Å². The lowest BCUT2D eigenvalue weighted by atomic mass is 10.2. The van der Waals surface area contributed by atoms with Gasteiger partial charge in [-0.25, -0.2) is 0 Å². The Kier molecular flexibility index (Phi) is 7.72. The molecule has 0 aliphatic carbocycles. The Morgan fingerprint density at radius 2 is 1.66 bits per heavy atom. The highest BCUT2D eigenvalue weighted by Crippen LogP contribution is 2.34. The molecule has 0 atom stereocenters. The number of rotatable bonds is 10. The summed E-state index contributed by atoms with van der Waals surface area (Å²) in [7, 11) is 1.61. The van der Waals surface area contributed by atoms with E-state index in [1.807, 2.05) is 55.5 Å². The summed E-state index contributed by atoms with van der Waals surface area (Å²) in [6, 6.07) is 20.0. The summed E-state index contributed by atoms with van der Waals surface area (Å²) in [6.07, 6.45) is 0.623. The number of nitrogens with one attached hydrogen (secondary N) is 1. The van der Waals surface area contributed by atoms with Crippen molar-refractivity contribution in [1.29, 1.82) is 0 Å². The Hall–Kier alpha value is -4.20. The molecule has 35 heavy (non-hydrogen) atoms. The molecule has 1 heterocycles. The average Bonchev–Trinajstić information content (AvgIpc) is 2.87. The predicted molar refractivity (Wildman–Crippen MR) is 133 cm³/mol. The van der Waals surface area contributed by atoms with Gasteiger partial charge >= 0.3 is 0 Å². The van der Waals surface area contributed by atoms with Crippen molar-refractivity contribution in [3.8, 4) is 23.0 Å². The number of carbonyl (C=O) groups excluding carboxylic acids is 2. The van der Waals surface area contributed by atoms with Gasteiger partial charge in [-0.15, -0.1) is 0 Å². The molecule has 1 N–H and O–H groups in total. The molecule has 0 fully saturated rings. The van der Waals surface area contributed by atoms with Crippen LogP contribution in [0.15, 0.2) is 66.7 Å². The van der Waals surface area contributed by atoms with E-state index in [1.54, 1.807) is 30.2 Å².